The van der Waals surface area contributed by atoms with E-state index in [-0.39, 0.29) is 6.61 Å². The third-order valence-electron chi connectivity index (χ3n) is 3.45. The van der Waals surface area contributed by atoms with Crippen LogP contribution in [0.3, 0.4) is 0 Å². The van der Waals surface area contributed by atoms with Crippen LogP contribution in [0.15, 0.2) is 18.2 Å². The SMILES string of the molecule is CCN(Cc1cccc(C)n1)c1c(CO)c(C)nn1C. The first kappa shape index (κ1) is 14.5. The van der Waals surface area contributed by atoms with Gasteiger partial charge in [-0.15, -0.1) is 0 Å². The molecule has 2 heterocycles. The number of pyridine rings is 1. The van der Waals surface area contributed by atoms with Gasteiger partial charge >= 0.3 is 0 Å². The van der Waals surface area contributed by atoms with Gasteiger partial charge < -0.3 is 10.0 Å². The molecule has 2 aromatic heterocycles. The summed E-state index contributed by atoms with van der Waals surface area (Å²) in [5.74, 6) is 0.968. The molecule has 1 N–H and O–H groups in total. The summed E-state index contributed by atoms with van der Waals surface area (Å²) in [6.45, 7) is 7.57. The van der Waals surface area contributed by atoms with Crippen molar-refractivity contribution >= 4 is 5.82 Å². The highest BCUT2D eigenvalue weighted by Gasteiger charge is 2.18. The molecule has 2 aromatic rings. The third-order valence-corrected chi connectivity index (χ3v) is 3.45. The first-order valence-electron chi connectivity index (χ1n) is 6.87. The molecule has 0 aliphatic carbocycles. The van der Waals surface area contributed by atoms with Gasteiger partial charge in [-0.05, 0) is 32.9 Å². The average molecular weight is 274 g/mol. The van der Waals surface area contributed by atoms with E-state index in [1.54, 1.807) is 0 Å². The molecule has 2 rings (SSSR count). The Balaban J connectivity index is 2.33. The summed E-state index contributed by atoms with van der Waals surface area (Å²) in [5, 5.41) is 14.0. The van der Waals surface area contributed by atoms with Crippen molar-refractivity contribution in [3.05, 3.63) is 40.8 Å². The Kier molecular flexibility index (Phi) is 4.39. The van der Waals surface area contributed by atoms with Crippen LogP contribution in [-0.4, -0.2) is 26.4 Å². The van der Waals surface area contributed by atoms with Crippen LogP contribution in [0.4, 0.5) is 5.82 Å². The van der Waals surface area contributed by atoms with Gasteiger partial charge in [0.25, 0.3) is 0 Å². The van der Waals surface area contributed by atoms with Crippen molar-refractivity contribution in [3.63, 3.8) is 0 Å². The molecule has 0 atom stereocenters. The van der Waals surface area contributed by atoms with Crippen LogP contribution < -0.4 is 4.90 Å². The molecule has 0 saturated heterocycles. The Morgan fingerprint density at radius 3 is 2.65 bits per heavy atom. The molecule has 0 bridgehead atoms. The highest BCUT2D eigenvalue weighted by molar-refractivity contribution is 5.50. The minimum absolute atomic E-state index is 0.00670. The van der Waals surface area contributed by atoms with Crippen LogP contribution in [0.1, 0.15) is 29.6 Å². The first-order valence-corrected chi connectivity index (χ1v) is 6.87. The van der Waals surface area contributed by atoms with Gasteiger partial charge in [-0.2, -0.15) is 5.10 Å². The number of anilines is 1. The van der Waals surface area contributed by atoms with Gasteiger partial charge in [0.2, 0.25) is 0 Å². The first-order chi connectivity index (χ1) is 9.56. The summed E-state index contributed by atoms with van der Waals surface area (Å²) >= 11 is 0. The van der Waals surface area contributed by atoms with Gasteiger partial charge in [-0.1, -0.05) is 6.07 Å². The summed E-state index contributed by atoms with van der Waals surface area (Å²) in [6, 6.07) is 6.04. The van der Waals surface area contributed by atoms with Crippen molar-refractivity contribution in [1.82, 2.24) is 14.8 Å². The maximum absolute atomic E-state index is 9.57. The van der Waals surface area contributed by atoms with Crippen molar-refractivity contribution in [1.29, 1.82) is 0 Å². The summed E-state index contributed by atoms with van der Waals surface area (Å²) < 4.78 is 1.83. The number of hydrogen-bond acceptors (Lipinski definition) is 4. The molecule has 0 saturated carbocycles. The molecule has 0 amide bonds. The molecule has 0 spiro atoms. The Morgan fingerprint density at radius 2 is 2.05 bits per heavy atom. The third kappa shape index (κ3) is 2.82. The molecular formula is C15H22N4O. The van der Waals surface area contributed by atoms with Crippen molar-refractivity contribution in [2.45, 2.75) is 33.9 Å². The van der Waals surface area contributed by atoms with E-state index >= 15 is 0 Å². The lowest BCUT2D eigenvalue weighted by molar-refractivity contribution is 0.281. The molecule has 0 fully saturated rings. The van der Waals surface area contributed by atoms with E-state index in [4.69, 9.17) is 0 Å². The van der Waals surface area contributed by atoms with Crippen molar-refractivity contribution in [3.8, 4) is 0 Å². The van der Waals surface area contributed by atoms with Gasteiger partial charge in [-0.3, -0.25) is 9.67 Å². The van der Waals surface area contributed by atoms with Crippen molar-refractivity contribution in [2.24, 2.45) is 7.05 Å². The predicted molar refractivity (Wildman–Crippen MR) is 79.6 cm³/mol. The summed E-state index contributed by atoms with van der Waals surface area (Å²) in [7, 11) is 1.91. The minimum Gasteiger partial charge on any atom is -0.391 e. The maximum Gasteiger partial charge on any atom is 0.132 e. The van der Waals surface area contributed by atoms with Crippen LogP contribution >= 0.6 is 0 Å². The Morgan fingerprint density at radius 1 is 1.30 bits per heavy atom. The Bertz CT molecular complexity index is 592. The summed E-state index contributed by atoms with van der Waals surface area (Å²) in [6.07, 6.45) is 0. The molecule has 0 radical (unpaired) electrons. The van der Waals surface area contributed by atoms with E-state index in [9.17, 15) is 5.11 Å². The fraction of sp³-hybridized carbons (Fsp3) is 0.467. The zero-order valence-electron chi connectivity index (χ0n) is 12.6. The molecular weight excluding hydrogens is 252 g/mol. The molecule has 5 nitrogen and oxygen atoms in total. The number of aryl methyl sites for hydroxylation is 3. The number of rotatable bonds is 5. The second-order valence-electron chi connectivity index (χ2n) is 4.95. The van der Waals surface area contributed by atoms with Crippen LogP contribution in [0.5, 0.6) is 0 Å². The zero-order valence-corrected chi connectivity index (χ0v) is 12.6. The molecule has 0 aliphatic heterocycles. The van der Waals surface area contributed by atoms with Crippen LogP contribution in [0, 0.1) is 13.8 Å². The lowest BCUT2D eigenvalue weighted by atomic mass is 10.2. The van der Waals surface area contributed by atoms with Gasteiger partial charge in [-0.25, -0.2) is 0 Å². The molecule has 0 unspecified atom stereocenters. The summed E-state index contributed by atoms with van der Waals surface area (Å²) in [5.41, 5.74) is 3.80. The second kappa shape index (κ2) is 6.05. The lowest BCUT2D eigenvalue weighted by Crippen LogP contribution is -2.26. The largest absolute Gasteiger partial charge is 0.391 e. The Hall–Kier alpha value is -1.88. The van der Waals surface area contributed by atoms with Gasteiger partial charge in [0, 0.05) is 24.8 Å². The van der Waals surface area contributed by atoms with Crippen LogP contribution in [0.25, 0.3) is 0 Å². The van der Waals surface area contributed by atoms with Crippen molar-refractivity contribution < 1.29 is 5.11 Å². The fourth-order valence-corrected chi connectivity index (χ4v) is 2.49. The van der Waals surface area contributed by atoms with E-state index in [2.05, 4.69) is 21.9 Å². The smallest absolute Gasteiger partial charge is 0.132 e. The Labute approximate surface area is 119 Å². The highest BCUT2D eigenvalue weighted by Crippen LogP contribution is 2.24. The topological polar surface area (TPSA) is 54.2 Å². The molecule has 5 heteroatoms. The summed E-state index contributed by atoms with van der Waals surface area (Å²) in [4.78, 5) is 6.73. The van der Waals surface area contributed by atoms with Gasteiger partial charge in [0.05, 0.1) is 24.5 Å². The standard InChI is InChI=1S/C15H22N4O/c1-5-19(9-13-8-6-7-11(2)16-13)15-14(10-20)12(3)17-18(15)4/h6-8,20H,5,9-10H2,1-4H3. The second-order valence-corrected chi connectivity index (χ2v) is 4.95. The molecule has 20 heavy (non-hydrogen) atoms. The normalized spacial score (nSPS) is 10.8. The van der Waals surface area contributed by atoms with Crippen LogP contribution in [-0.2, 0) is 20.2 Å². The fourth-order valence-electron chi connectivity index (χ4n) is 2.49. The monoisotopic (exact) mass is 274 g/mol. The predicted octanol–water partition coefficient (Wildman–Crippen LogP) is 1.95. The number of nitrogens with zero attached hydrogens (tertiary/aromatic N) is 4. The van der Waals surface area contributed by atoms with Gasteiger partial charge in [0.1, 0.15) is 5.82 Å². The van der Waals surface area contributed by atoms with Crippen molar-refractivity contribution in [2.75, 3.05) is 11.4 Å². The van der Waals surface area contributed by atoms with E-state index in [0.717, 1.165) is 35.0 Å². The van der Waals surface area contributed by atoms with E-state index in [1.807, 2.05) is 43.8 Å². The number of hydrogen-bond donors (Lipinski definition) is 1. The average Bonchev–Trinajstić information content (AvgIpc) is 2.70. The van der Waals surface area contributed by atoms with E-state index in [1.165, 1.54) is 0 Å². The van der Waals surface area contributed by atoms with E-state index < -0.39 is 0 Å². The minimum atomic E-state index is 0.00670. The van der Waals surface area contributed by atoms with Crippen LogP contribution in [0.2, 0.25) is 0 Å². The highest BCUT2D eigenvalue weighted by atomic mass is 16.3. The molecule has 0 aliphatic rings. The zero-order chi connectivity index (χ0) is 14.7. The lowest BCUT2D eigenvalue weighted by Gasteiger charge is -2.24. The van der Waals surface area contributed by atoms with E-state index in [0.29, 0.717) is 6.54 Å². The quantitative estimate of drug-likeness (QED) is 0.905. The molecule has 0 aromatic carbocycles. The van der Waals surface area contributed by atoms with Gasteiger partial charge in [0.15, 0.2) is 0 Å². The number of aliphatic hydroxyl groups is 1. The maximum atomic E-state index is 9.57. The number of aliphatic hydroxyl groups excluding tert-OH is 1. The molecule has 108 valence electrons. The number of aromatic nitrogens is 3.